The van der Waals surface area contributed by atoms with Gasteiger partial charge in [0.25, 0.3) is 11.8 Å². The minimum atomic E-state index is -0.498. The molecule has 1 aromatic heterocycles. The Balaban J connectivity index is 1.75. The summed E-state index contributed by atoms with van der Waals surface area (Å²) in [7, 11) is 0. The molecule has 6 nitrogen and oxygen atoms in total. The van der Waals surface area contributed by atoms with E-state index in [0.29, 0.717) is 10.7 Å². The number of carbonyl (C=O) groups excluding carboxylic acids is 2. The molecule has 0 fully saturated rings. The molecule has 2 N–H and O–H groups in total. The second-order valence-electron chi connectivity index (χ2n) is 5.97. The first-order valence-corrected chi connectivity index (χ1v) is 8.83. The van der Waals surface area contributed by atoms with Crippen molar-refractivity contribution in [2.45, 2.75) is 6.92 Å². The summed E-state index contributed by atoms with van der Waals surface area (Å²) in [6.07, 6.45) is 3.05. The topological polar surface area (TPSA) is 83.5 Å². The lowest BCUT2D eigenvalue weighted by atomic mass is 10.1. The molecule has 0 aliphatic heterocycles. The number of halogens is 1. The largest absolute Gasteiger partial charge is 0.320 e. The number of nitrogens with zero attached hydrogens (tertiary/aromatic N) is 2. The molecule has 7 heteroatoms. The Labute approximate surface area is 167 Å². The number of anilines is 1. The van der Waals surface area contributed by atoms with Crippen molar-refractivity contribution >= 4 is 35.3 Å². The van der Waals surface area contributed by atoms with Crippen molar-refractivity contribution in [3.8, 4) is 0 Å². The molecule has 28 heavy (non-hydrogen) atoms. The zero-order chi connectivity index (χ0) is 19.9. The average molecular weight is 393 g/mol. The Morgan fingerprint density at radius 3 is 2.54 bits per heavy atom. The second-order valence-corrected chi connectivity index (χ2v) is 6.41. The highest BCUT2D eigenvalue weighted by molar-refractivity contribution is 6.31. The van der Waals surface area contributed by atoms with Gasteiger partial charge in [-0.25, -0.2) is 5.43 Å². The van der Waals surface area contributed by atoms with Crippen LogP contribution in [0.4, 0.5) is 5.69 Å². The summed E-state index contributed by atoms with van der Waals surface area (Å²) < 4.78 is 0. The summed E-state index contributed by atoms with van der Waals surface area (Å²) in [6, 6.07) is 17.3. The Bertz CT molecular complexity index is 1020. The van der Waals surface area contributed by atoms with E-state index in [0.717, 1.165) is 11.1 Å². The van der Waals surface area contributed by atoms with Crippen LogP contribution in [-0.4, -0.2) is 23.0 Å². The number of benzene rings is 2. The molecule has 0 unspecified atom stereocenters. The van der Waals surface area contributed by atoms with Crippen molar-refractivity contribution in [1.82, 2.24) is 10.4 Å². The molecule has 3 aromatic rings. The third-order valence-electron chi connectivity index (χ3n) is 3.83. The molecule has 0 aliphatic carbocycles. The maximum absolute atomic E-state index is 12.5. The van der Waals surface area contributed by atoms with Crippen molar-refractivity contribution < 1.29 is 9.59 Å². The highest BCUT2D eigenvalue weighted by atomic mass is 35.5. The van der Waals surface area contributed by atoms with Crippen LogP contribution in [0, 0.1) is 6.92 Å². The van der Waals surface area contributed by atoms with Crippen LogP contribution in [0.2, 0.25) is 5.02 Å². The van der Waals surface area contributed by atoms with Crippen molar-refractivity contribution in [3.63, 3.8) is 0 Å². The smallest absolute Gasteiger partial charge is 0.274 e. The molecule has 0 saturated heterocycles. The van der Waals surface area contributed by atoms with Crippen LogP contribution in [0.1, 0.15) is 32.0 Å². The van der Waals surface area contributed by atoms with Gasteiger partial charge in [0, 0.05) is 11.2 Å². The SMILES string of the molecule is Cc1ccc(/C=N/NC(=O)c2cc(Cl)ccc2NC(=O)c2ccccn2)cc1. The van der Waals surface area contributed by atoms with Gasteiger partial charge in [0.15, 0.2) is 0 Å². The highest BCUT2D eigenvalue weighted by Gasteiger charge is 2.15. The van der Waals surface area contributed by atoms with Crippen LogP contribution in [0.3, 0.4) is 0 Å². The number of hydrogen-bond donors (Lipinski definition) is 2. The van der Waals surface area contributed by atoms with Gasteiger partial charge in [-0.05, 0) is 42.8 Å². The van der Waals surface area contributed by atoms with Gasteiger partial charge < -0.3 is 5.32 Å². The van der Waals surface area contributed by atoms with Crippen molar-refractivity contribution in [2.75, 3.05) is 5.32 Å². The van der Waals surface area contributed by atoms with E-state index in [4.69, 9.17) is 11.6 Å². The van der Waals surface area contributed by atoms with E-state index in [2.05, 4.69) is 20.8 Å². The summed E-state index contributed by atoms with van der Waals surface area (Å²) in [4.78, 5) is 28.9. The van der Waals surface area contributed by atoms with E-state index in [-0.39, 0.29) is 11.3 Å². The fourth-order valence-electron chi connectivity index (χ4n) is 2.37. The van der Waals surface area contributed by atoms with Crippen LogP contribution in [0.25, 0.3) is 0 Å². The van der Waals surface area contributed by atoms with Crippen LogP contribution >= 0.6 is 11.6 Å². The van der Waals surface area contributed by atoms with Crippen molar-refractivity contribution in [3.05, 3.63) is 94.3 Å². The van der Waals surface area contributed by atoms with Gasteiger partial charge >= 0.3 is 0 Å². The number of hydrogen-bond acceptors (Lipinski definition) is 4. The Morgan fingerprint density at radius 2 is 1.82 bits per heavy atom. The van der Waals surface area contributed by atoms with E-state index in [1.165, 1.54) is 18.5 Å². The fourth-order valence-corrected chi connectivity index (χ4v) is 2.55. The van der Waals surface area contributed by atoms with E-state index < -0.39 is 11.8 Å². The molecular formula is C21H17ClN4O2. The quantitative estimate of drug-likeness (QED) is 0.507. The van der Waals surface area contributed by atoms with Gasteiger partial charge in [-0.1, -0.05) is 47.5 Å². The molecule has 2 amide bonds. The third kappa shape index (κ3) is 5.02. The summed E-state index contributed by atoms with van der Waals surface area (Å²) in [5.41, 5.74) is 5.17. The number of rotatable bonds is 5. The van der Waals surface area contributed by atoms with Gasteiger partial charge in [0.1, 0.15) is 5.69 Å². The lowest BCUT2D eigenvalue weighted by molar-refractivity contribution is 0.0956. The van der Waals surface area contributed by atoms with Gasteiger partial charge in [0.2, 0.25) is 0 Å². The molecule has 0 radical (unpaired) electrons. The summed E-state index contributed by atoms with van der Waals surface area (Å²) in [5.74, 6) is -0.928. The standard InChI is InChI=1S/C21H17ClN4O2/c1-14-5-7-15(8-6-14)13-24-26-20(27)17-12-16(22)9-10-18(17)25-21(28)19-4-2-3-11-23-19/h2-13H,1H3,(H,25,28)(H,26,27)/b24-13+. The van der Waals surface area contributed by atoms with Crippen LogP contribution in [0.5, 0.6) is 0 Å². The first kappa shape index (κ1) is 19.3. The molecule has 1 heterocycles. The van der Waals surface area contributed by atoms with Crippen LogP contribution in [0.15, 0.2) is 72.0 Å². The molecule has 3 rings (SSSR count). The Hall–Kier alpha value is -3.51. The summed E-state index contributed by atoms with van der Waals surface area (Å²) in [5, 5.41) is 7.00. The van der Waals surface area contributed by atoms with Gasteiger partial charge in [-0.15, -0.1) is 0 Å². The minimum Gasteiger partial charge on any atom is -0.320 e. The lowest BCUT2D eigenvalue weighted by Crippen LogP contribution is -2.21. The average Bonchev–Trinajstić information content (AvgIpc) is 2.71. The molecule has 0 spiro atoms. The number of aryl methyl sites for hydroxylation is 1. The Morgan fingerprint density at radius 1 is 1.04 bits per heavy atom. The number of pyridine rings is 1. The van der Waals surface area contributed by atoms with E-state index in [1.807, 2.05) is 31.2 Å². The van der Waals surface area contributed by atoms with Crippen molar-refractivity contribution in [1.29, 1.82) is 0 Å². The Kier molecular flexibility index (Phi) is 6.14. The molecule has 0 saturated carbocycles. The zero-order valence-corrected chi connectivity index (χ0v) is 15.8. The normalized spacial score (nSPS) is 10.6. The zero-order valence-electron chi connectivity index (χ0n) is 15.0. The van der Waals surface area contributed by atoms with E-state index >= 15 is 0 Å². The molecule has 0 atom stereocenters. The van der Waals surface area contributed by atoms with Crippen LogP contribution in [-0.2, 0) is 0 Å². The van der Waals surface area contributed by atoms with Gasteiger partial charge in [-0.2, -0.15) is 5.10 Å². The summed E-state index contributed by atoms with van der Waals surface area (Å²) in [6.45, 7) is 1.99. The molecule has 0 bridgehead atoms. The van der Waals surface area contributed by atoms with E-state index in [1.54, 1.807) is 30.3 Å². The van der Waals surface area contributed by atoms with Crippen molar-refractivity contribution in [2.24, 2.45) is 5.10 Å². The predicted molar refractivity (Wildman–Crippen MR) is 110 cm³/mol. The number of carbonyl (C=O) groups is 2. The first-order chi connectivity index (χ1) is 13.5. The number of nitrogens with one attached hydrogen (secondary N) is 2. The van der Waals surface area contributed by atoms with Gasteiger partial charge in [-0.3, -0.25) is 14.6 Å². The molecule has 0 aliphatic rings. The highest BCUT2D eigenvalue weighted by Crippen LogP contribution is 2.21. The second kappa shape index (κ2) is 8.92. The fraction of sp³-hybridized carbons (Fsp3) is 0.0476. The molecule has 140 valence electrons. The number of aromatic nitrogens is 1. The maximum atomic E-state index is 12.5. The third-order valence-corrected chi connectivity index (χ3v) is 4.06. The van der Waals surface area contributed by atoms with Crippen LogP contribution < -0.4 is 10.7 Å². The number of hydrazone groups is 1. The summed E-state index contributed by atoms with van der Waals surface area (Å²) >= 11 is 6.02. The maximum Gasteiger partial charge on any atom is 0.274 e. The lowest BCUT2D eigenvalue weighted by Gasteiger charge is -2.10. The molecule has 2 aromatic carbocycles. The predicted octanol–water partition coefficient (Wildman–Crippen LogP) is 4.06. The molecular weight excluding hydrogens is 376 g/mol. The van der Waals surface area contributed by atoms with E-state index in [9.17, 15) is 9.59 Å². The minimum absolute atomic E-state index is 0.192. The first-order valence-electron chi connectivity index (χ1n) is 8.45. The van der Waals surface area contributed by atoms with Gasteiger partial charge in [0.05, 0.1) is 17.5 Å². The number of amides is 2. The monoisotopic (exact) mass is 392 g/mol.